The second-order valence-electron chi connectivity index (χ2n) is 2.32. The highest BCUT2D eigenvalue weighted by atomic mass is 14.9. The van der Waals surface area contributed by atoms with Gasteiger partial charge in [-0.3, -0.25) is 0 Å². The van der Waals surface area contributed by atoms with E-state index < -0.39 is 0 Å². The number of hydrogen-bond donors (Lipinski definition) is 2. The van der Waals surface area contributed by atoms with Gasteiger partial charge in [0.05, 0.1) is 22.7 Å². The molecule has 0 aliphatic heterocycles. The molecule has 11 heavy (non-hydrogen) atoms. The van der Waals surface area contributed by atoms with Gasteiger partial charge in [-0.1, -0.05) is 0 Å². The molecule has 0 saturated carbocycles. The highest BCUT2D eigenvalue weighted by molar-refractivity contribution is 5.72. The van der Waals surface area contributed by atoms with Crippen LogP contribution in [0.4, 0.5) is 0 Å². The van der Waals surface area contributed by atoms with Crippen molar-refractivity contribution in [3.05, 3.63) is 36.0 Å². The molecule has 0 bridgehead atoms. The van der Waals surface area contributed by atoms with Crippen molar-refractivity contribution in [3.8, 4) is 0 Å². The smallest absolute Gasteiger partial charge is 0.0931 e. The van der Waals surface area contributed by atoms with Crippen LogP contribution in [0.5, 0.6) is 0 Å². The largest absolute Gasteiger partial charge is 0.345 e. The third-order valence-corrected chi connectivity index (χ3v) is 1.55. The van der Waals surface area contributed by atoms with Gasteiger partial charge in [0, 0.05) is 0 Å². The van der Waals surface area contributed by atoms with Crippen molar-refractivity contribution in [1.29, 1.82) is 5.41 Å². The molecular formula is C8H7N3. The molecule has 1 aromatic heterocycles. The lowest BCUT2D eigenvalue weighted by Crippen LogP contribution is -1.88. The average molecular weight is 145 g/mol. The molecule has 3 nitrogen and oxygen atoms in total. The highest BCUT2D eigenvalue weighted by Crippen LogP contribution is 2.02. The van der Waals surface area contributed by atoms with Crippen LogP contribution in [0.3, 0.4) is 0 Å². The lowest BCUT2D eigenvalue weighted by Gasteiger charge is -1.72. The lowest BCUT2D eigenvalue weighted by molar-refractivity contribution is 1.28. The molecule has 1 aromatic carbocycles. The van der Waals surface area contributed by atoms with Crippen LogP contribution in [0, 0.1) is 5.41 Å². The van der Waals surface area contributed by atoms with E-state index in [9.17, 15) is 0 Å². The summed E-state index contributed by atoms with van der Waals surface area (Å²) in [5.74, 6) is 0. The van der Waals surface area contributed by atoms with Gasteiger partial charge < -0.3 is 10.4 Å². The Bertz CT molecular complexity index is 394. The number of rotatable bonds is 0. The number of imidazole rings is 1. The summed E-state index contributed by atoms with van der Waals surface area (Å²) in [6, 6.07) is 7.14. The third kappa shape index (κ3) is 1.00. The number of hydrogen-bond acceptors (Lipinski definition) is 2. The van der Waals surface area contributed by atoms with E-state index in [-0.39, 0.29) is 0 Å². The number of nitrogens with one attached hydrogen (secondary N) is 2. The summed E-state index contributed by atoms with van der Waals surface area (Å²) in [4.78, 5) is 7.03. The van der Waals surface area contributed by atoms with Crippen LogP contribution < -0.4 is 5.36 Å². The van der Waals surface area contributed by atoms with E-state index in [1.807, 2.05) is 12.1 Å². The molecule has 0 fully saturated rings. The first-order chi connectivity index (χ1) is 5.36. The normalized spacial score (nSPS) is 10.2. The number of aromatic nitrogens is 2. The van der Waals surface area contributed by atoms with Crippen molar-refractivity contribution in [3.63, 3.8) is 0 Å². The molecule has 3 heteroatoms. The highest BCUT2D eigenvalue weighted by Gasteiger charge is 1.88. The third-order valence-electron chi connectivity index (χ3n) is 1.55. The van der Waals surface area contributed by atoms with Crippen molar-refractivity contribution in [2.24, 2.45) is 0 Å². The molecule has 0 spiro atoms. The molecule has 0 amide bonds. The van der Waals surface area contributed by atoms with Crippen LogP contribution >= 0.6 is 0 Å². The first kappa shape index (κ1) is 6.09. The number of fused-ring (bicyclic) bond motifs is 1. The van der Waals surface area contributed by atoms with Gasteiger partial charge in [0.25, 0.3) is 0 Å². The second kappa shape index (κ2) is 2.20. The summed E-state index contributed by atoms with van der Waals surface area (Å²) in [6.07, 6.45) is 1.65. The number of aromatic amines is 1. The zero-order chi connectivity index (χ0) is 7.68. The van der Waals surface area contributed by atoms with Crippen LogP contribution in [0.15, 0.2) is 30.6 Å². The molecule has 54 valence electrons. The maximum absolute atomic E-state index is 7.33. The minimum atomic E-state index is 0.497. The fourth-order valence-corrected chi connectivity index (χ4v) is 0.979. The van der Waals surface area contributed by atoms with Crippen molar-refractivity contribution < 1.29 is 0 Å². The van der Waals surface area contributed by atoms with Crippen molar-refractivity contribution in [2.75, 3.05) is 0 Å². The minimum absolute atomic E-state index is 0.497. The number of nitrogens with zero attached hydrogens (tertiary/aromatic N) is 1. The van der Waals surface area contributed by atoms with E-state index in [1.54, 1.807) is 18.5 Å². The summed E-state index contributed by atoms with van der Waals surface area (Å²) in [5, 5.41) is 7.82. The first-order valence-electron chi connectivity index (χ1n) is 3.34. The van der Waals surface area contributed by atoms with Gasteiger partial charge in [0.2, 0.25) is 0 Å². The fraction of sp³-hybridized carbons (Fsp3) is 0. The maximum Gasteiger partial charge on any atom is 0.0931 e. The summed E-state index contributed by atoms with van der Waals surface area (Å²) >= 11 is 0. The molecule has 2 aromatic rings. The van der Waals surface area contributed by atoms with Gasteiger partial charge in [-0.25, -0.2) is 4.98 Å². The Labute approximate surface area is 63.2 Å². The first-order valence-corrected chi connectivity index (χ1v) is 3.34. The van der Waals surface area contributed by atoms with Crippen molar-refractivity contribution >= 4 is 11.0 Å². The molecule has 1 heterocycles. The zero-order valence-corrected chi connectivity index (χ0v) is 5.83. The Morgan fingerprint density at radius 2 is 2.00 bits per heavy atom. The summed E-state index contributed by atoms with van der Waals surface area (Å²) in [7, 11) is 0. The topological polar surface area (TPSA) is 52.5 Å². The van der Waals surface area contributed by atoms with Gasteiger partial charge in [0.15, 0.2) is 0 Å². The van der Waals surface area contributed by atoms with Gasteiger partial charge in [0.1, 0.15) is 0 Å². The van der Waals surface area contributed by atoms with Crippen LogP contribution in [0.25, 0.3) is 11.0 Å². The molecule has 0 unspecified atom stereocenters. The molecule has 0 radical (unpaired) electrons. The molecular weight excluding hydrogens is 138 g/mol. The Morgan fingerprint density at radius 1 is 1.18 bits per heavy atom. The Balaban J connectivity index is 2.96. The molecule has 0 atom stereocenters. The predicted octanol–water partition coefficient (Wildman–Crippen LogP) is 1.04. The zero-order valence-electron chi connectivity index (χ0n) is 5.83. The van der Waals surface area contributed by atoms with Gasteiger partial charge in [-0.2, -0.15) is 0 Å². The molecule has 0 aliphatic carbocycles. The van der Waals surface area contributed by atoms with Crippen LogP contribution in [0.2, 0.25) is 0 Å². The second-order valence-corrected chi connectivity index (χ2v) is 2.32. The summed E-state index contributed by atoms with van der Waals surface area (Å²) in [5.41, 5.74) is 1.85. The number of H-pyrrole nitrogens is 1. The fourth-order valence-electron chi connectivity index (χ4n) is 0.979. The van der Waals surface area contributed by atoms with Gasteiger partial charge in [-0.05, 0) is 24.3 Å². The quantitative estimate of drug-likeness (QED) is 0.571. The SMILES string of the molecule is N=c1ccc2nc[nH]c2cc1. The monoisotopic (exact) mass is 145 g/mol. The Hall–Kier alpha value is -1.64. The van der Waals surface area contributed by atoms with E-state index in [4.69, 9.17) is 5.41 Å². The standard InChI is InChI=1S/C8H7N3/c9-6-1-3-7-8(4-2-6)11-5-10-7/h1-5,9H,(H,10,11). The minimum Gasteiger partial charge on any atom is -0.345 e. The van der Waals surface area contributed by atoms with E-state index in [0.717, 1.165) is 11.0 Å². The average Bonchev–Trinajstić information content (AvgIpc) is 2.38. The van der Waals surface area contributed by atoms with Crippen LogP contribution in [-0.2, 0) is 0 Å². The molecule has 2 N–H and O–H groups in total. The van der Waals surface area contributed by atoms with E-state index in [1.165, 1.54) is 0 Å². The Kier molecular flexibility index (Phi) is 1.22. The van der Waals surface area contributed by atoms with E-state index >= 15 is 0 Å². The molecule has 0 saturated heterocycles. The van der Waals surface area contributed by atoms with Gasteiger partial charge >= 0.3 is 0 Å². The van der Waals surface area contributed by atoms with Crippen LogP contribution in [-0.4, -0.2) is 9.97 Å². The predicted molar refractivity (Wildman–Crippen MR) is 41.9 cm³/mol. The molecule has 2 rings (SSSR count). The van der Waals surface area contributed by atoms with Crippen molar-refractivity contribution in [2.45, 2.75) is 0 Å². The van der Waals surface area contributed by atoms with Crippen molar-refractivity contribution in [1.82, 2.24) is 9.97 Å². The van der Waals surface area contributed by atoms with Crippen LogP contribution in [0.1, 0.15) is 0 Å². The van der Waals surface area contributed by atoms with E-state index in [2.05, 4.69) is 9.97 Å². The summed E-state index contributed by atoms with van der Waals surface area (Å²) < 4.78 is 0. The van der Waals surface area contributed by atoms with Gasteiger partial charge in [-0.15, -0.1) is 0 Å². The van der Waals surface area contributed by atoms with E-state index in [0.29, 0.717) is 5.36 Å². The Morgan fingerprint density at radius 3 is 2.91 bits per heavy atom. The molecule has 0 aliphatic rings. The lowest BCUT2D eigenvalue weighted by atomic mass is 10.4. The summed E-state index contributed by atoms with van der Waals surface area (Å²) in [6.45, 7) is 0. The maximum atomic E-state index is 7.33.